The molecular weight excluding hydrogens is 296 g/mol. The molecule has 0 saturated carbocycles. The highest BCUT2D eigenvalue weighted by molar-refractivity contribution is 9.10. The van der Waals surface area contributed by atoms with Crippen LogP contribution in [0.15, 0.2) is 22.9 Å². The molecule has 18 heavy (non-hydrogen) atoms. The summed E-state index contributed by atoms with van der Waals surface area (Å²) in [7, 11) is 0. The first kappa shape index (κ1) is 13.2. The van der Waals surface area contributed by atoms with Crippen molar-refractivity contribution in [3.05, 3.63) is 22.9 Å². The van der Waals surface area contributed by atoms with Gasteiger partial charge in [0.15, 0.2) is 0 Å². The first-order chi connectivity index (χ1) is 8.36. The third kappa shape index (κ3) is 1.96. The fourth-order valence-electron chi connectivity index (χ4n) is 2.07. The van der Waals surface area contributed by atoms with E-state index >= 15 is 0 Å². The second-order valence-corrected chi connectivity index (χ2v) is 6.06. The number of amides is 2. The van der Waals surface area contributed by atoms with Crippen molar-refractivity contribution in [1.82, 2.24) is 4.98 Å². The number of imide groups is 1. The Bertz CT molecular complexity index is 515. The maximum absolute atomic E-state index is 12.5. The Morgan fingerprint density at radius 3 is 2.56 bits per heavy atom. The number of anilines is 1. The Labute approximate surface area is 115 Å². The third-order valence-corrected chi connectivity index (χ3v) is 4.12. The van der Waals surface area contributed by atoms with E-state index in [1.165, 1.54) is 11.1 Å². The lowest BCUT2D eigenvalue weighted by Crippen LogP contribution is -2.36. The molecule has 0 spiro atoms. The zero-order valence-corrected chi connectivity index (χ0v) is 12.2. The first-order valence-electron chi connectivity index (χ1n) is 5.84. The van der Waals surface area contributed by atoms with E-state index in [1.807, 2.05) is 20.8 Å². The van der Waals surface area contributed by atoms with Gasteiger partial charge in [0.25, 0.3) is 0 Å². The Hall–Kier alpha value is -1.23. The summed E-state index contributed by atoms with van der Waals surface area (Å²) in [6.45, 7) is 5.78. The highest BCUT2D eigenvalue weighted by atomic mass is 79.9. The van der Waals surface area contributed by atoms with Gasteiger partial charge < -0.3 is 0 Å². The Balaban J connectivity index is 2.42. The number of nitrogens with zero attached hydrogens (tertiary/aromatic N) is 2. The van der Waals surface area contributed by atoms with Gasteiger partial charge in [-0.3, -0.25) is 14.6 Å². The number of carbonyl (C=O) groups is 2. The molecule has 2 amide bonds. The molecule has 1 atom stereocenters. The van der Waals surface area contributed by atoms with E-state index in [4.69, 9.17) is 0 Å². The standard InChI is InChI=1S/C13H15BrN2O2/c1-8(2)13(3)5-11(17)16(12(13)18)10-4-9(14)6-15-7-10/h4,6-8H,5H2,1-3H3. The minimum absolute atomic E-state index is 0.124. The average molecular weight is 311 g/mol. The van der Waals surface area contributed by atoms with Crippen molar-refractivity contribution in [2.75, 3.05) is 4.90 Å². The second-order valence-electron chi connectivity index (χ2n) is 5.14. The second kappa shape index (κ2) is 4.46. The summed E-state index contributed by atoms with van der Waals surface area (Å²) >= 11 is 3.29. The molecule has 1 saturated heterocycles. The Kier molecular flexibility index (Phi) is 3.27. The lowest BCUT2D eigenvalue weighted by atomic mass is 9.78. The number of aromatic nitrogens is 1. The molecule has 4 nitrogen and oxygen atoms in total. The van der Waals surface area contributed by atoms with Crippen LogP contribution in [0.4, 0.5) is 5.69 Å². The molecule has 2 heterocycles. The summed E-state index contributed by atoms with van der Waals surface area (Å²) in [5.74, 6) is -0.169. The molecule has 96 valence electrons. The van der Waals surface area contributed by atoms with Gasteiger partial charge in [0, 0.05) is 17.1 Å². The molecule has 1 aliphatic rings. The van der Waals surface area contributed by atoms with Crippen molar-refractivity contribution < 1.29 is 9.59 Å². The summed E-state index contributed by atoms with van der Waals surface area (Å²) < 4.78 is 0.749. The molecule has 0 N–H and O–H groups in total. The van der Waals surface area contributed by atoms with Gasteiger partial charge in [0.2, 0.25) is 11.8 Å². The van der Waals surface area contributed by atoms with Gasteiger partial charge in [-0.25, -0.2) is 4.90 Å². The van der Waals surface area contributed by atoms with Crippen LogP contribution in [0.1, 0.15) is 27.2 Å². The summed E-state index contributed by atoms with van der Waals surface area (Å²) in [5.41, 5.74) is -0.0805. The van der Waals surface area contributed by atoms with Gasteiger partial charge in [-0.1, -0.05) is 13.8 Å². The number of hydrogen-bond acceptors (Lipinski definition) is 3. The smallest absolute Gasteiger partial charge is 0.240 e. The minimum Gasteiger partial charge on any atom is -0.274 e. The van der Waals surface area contributed by atoms with Crippen molar-refractivity contribution in [3.8, 4) is 0 Å². The van der Waals surface area contributed by atoms with E-state index in [2.05, 4.69) is 20.9 Å². The summed E-state index contributed by atoms with van der Waals surface area (Å²) in [6.07, 6.45) is 3.42. The predicted molar refractivity (Wildman–Crippen MR) is 72.0 cm³/mol. The fourth-order valence-corrected chi connectivity index (χ4v) is 2.43. The average Bonchev–Trinajstić information content (AvgIpc) is 2.51. The molecule has 1 aromatic heterocycles. The number of rotatable bonds is 2. The van der Waals surface area contributed by atoms with Crippen molar-refractivity contribution >= 4 is 33.4 Å². The number of halogens is 1. The first-order valence-corrected chi connectivity index (χ1v) is 6.63. The molecular formula is C13H15BrN2O2. The molecule has 0 bridgehead atoms. The largest absolute Gasteiger partial charge is 0.274 e. The molecule has 0 aromatic carbocycles. The van der Waals surface area contributed by atoms with Crippen LogP contribution in [0.5, 0.6) is 0 Å². The summed E-state index contributed by atoms with van der Waals surface area (Å²) in [5, 5.41) is 0. The molecule has 1 aliphatic heterocycles. The van der Waals surface area contributed by atoms with Crippen LogP contribution in [0, 0.1) is 11.3 Å². The summed E-state index contributed by atoms with van der Waals surface area (Å²) in [6, 6.07) is 1.73. The van der Waals surface area contributed by atoms with Crippen LogP contribution in [0.3, 0.4) is 0 Å². The SMILES string of the molecule is CC(C)C1(C)CC(=O)N(c2cncc(Br)c2)C1=O. The van der Waals surface area contributed by atoms with Crippen LogP contribution in [0.25, 0.3) is 0 Å². The van der Waals surface area contributed by atoms with Gasteiger partial charge in [-0.2, -0.15) is 0 Å². The van der Waals surface area contributed by atoms with Crippen LogP contribution in [-0.2, 0) is 9.59 Å². The highest BCUT2D eigenvalue weighted by Gasteiger charge is 2.50. The van der Waals surface area contributed by atoms with E-state index in [1.54, 1.807) is 12.3 Å². The molecule has 2 rings (SSSR count). The van der Waals surface area contributed by atoms with Gasteiger partial charge in [0.05, 0.1) is 17.3 Å². The normalized spacial score (nSPS) is 24.2. The van der Waals surface area contributed by atoms with Crippen molar-refractivity contribution in [1.29, 1.82) is 0 Å². The zero-order valence-electron chi connectivity index (χ0n) is 10.6. The van der Waals surface area contributed by atoms with Crippen LogP contribution in [-0.4, -0.2) is 16.8 Å². The third-order valence-electron chi connectivity index (χ3n) is 3.68. The van der Waals surface area contributed by atoms with Gasteiger partial charge in [0.1, 0.15) is 0 Å². The number of pyridine rings is 1. The summed E-state index contributed by atoms with van der Waals surface area (Å²) in [4.78, 5) is 29.8. The topological polar surface area (TPSA) is 50.3 Å². The van der Waals surface area contributed by atoms with Crippen LogP contribution >= 0.6 is 15.9 Å². The highest BCUT2D eigenvalue weighted by Crippen LogP contribution is 2.41. The van der Waals surface area contributed by atoms with Crippen molar-refractivity contribution in [2.45, 2.75) is 27.2 Å². The number of hydrogen-bond donors (Lipinski definition) is 0. The molecule has 0 aliphatic carbocycles. The zero-order chi connectivity index (χ0) is 13.5. The van der Waals surface area contributed by atoms with Crippen molar-refractivity contribution in [2.24, 2.45) is 11.3 Å². The molecule has 1 unspecified atom stereocenters. The number of carbonyl (C=O) groups excluding carboxylic acids is 2. The molecule has 5 heteroatoms. The van der Waals surface area contributed by atoms with Crippen LogP contribution < -0.4 is 4.90 Å². The lowest BCUT2D eigenvalue weighted by Gasteiger charge is -2.25. The quantitative estimate of drug-likeness (QED) is 0.789. The Morgan fingerprint density at radius 2 is 2.06 bits per heavy atom. The van der Waals surface area contributed by atoms with E-state index in [0.29, 0.717) is 5.69 Å². The fraction of sp³-hybridized carbons (Fsp3) is 0.462. The monoisotopic (exact) mass is 310 g/mol. The molecule has 0 radical (unpaired) electrons. The molecule has 1 aromatic rings. The maximum atomic E-state index is 12.5. The van der Waals surface area contributed by atoms with Gasteiger partial charge >= 0.3 is 0 Å². The lowest BCUT2D eigenvalue weighted by molar-refractivity contribution is -0.126. The van der Waals surface area contributed by atoms with E-state index < -0.39 is 5.41 Å². The van der Waals surface area contributed by atoms with Crippen LogP contribution in [0.2, 0.25) is 0 Å². The molecule has 1 fully saturated rings. The van der Waals surface area contributed by atoms with E-state index in [9.17, 15) is 9.59 Å². The van der Waals surface area contributed by atoms with Crippen molar-refractivity contribution in [3.63, 3.8) is 0 Å². The maximum Gasteiger partial charge on any atom is 0.240 e. The Morgan fingerprint density at radius 1 is 1.39 bits per heavy atom. The van der Waals surface area contributed by atoms with E-state index in [0.717, 1.165) is 4.47 Å². The minimum atomic E-state index is -0.612. The van der Waals surface area contributed by atoms with Gasteiger partial charge in [-0.05, 0) is 34.8 Å². The van der Waals surface area contributed by atoms with E-state index in [-0.39, 0.29) is 24.2 Å². The van der Waals surface area contributed by atoms with Gasteiger partial charge in [-0.15, -0.1) is 0 Å². The predicted octanol–water partition coefficient (Wildman–Crippen LogP) is 2.77.